The summed E-state index contributed by atoms with van der Waals surface area (Å²) in [5.41, 5.74) is -1.33. The van der Waals surface area contributed by atoms with Gasteiger partial charge in [-0.25, -0.2) is 9.37 Å². The lowest BCUT2D eigenvalue weighted by molar-refractivity contribution is -0.199. The van der Waals surface area contributed by atoms with Gasteiger partial charge in [0, 0.05) is 66.5 Å². The molecule has 59 heavy (non-hydrogen) atoms. The van der Waals surface area contributed by atoms with E-state index >= 15 is 4.39 Å². The first kappa shape index (κ1) is 42.3. The fourth-order valence-corrected chi connectivity index (χ4v) is 10.1. The van der Waals surface area contributed by atoms with E-state index < -0.39 is 41.1 Å². The number of β-amino-alcohol motifs (C(OH)–C–C–N with tert-alkyl or cyclic N) is 1. The maximum atomic E-state index is 15.7. The van der Waals surface area contributed by atoms with Crippen molar-refractivity contribution >= 4 is 35.2 Å². The molecule has 1 aromatic carbocycles. The molecule has 5 heterocycles. The summed E-state index contributed by atoms with van der Waals surface area (Å²) < 4.78 is 22.2. The normalized spacial score (nSPS) is 25.8. The predicted octanol–water partition coefficient (Wildman–Crippen LogP) is 3.76. The molecule has 13 nitrogen and oxygen atoms in total. The monoisotopic (exact) mass is 827 g/mol. The molecular weight excluding hydrogens is 777 g/mol. The van der Waals surface area contributed by atoms with Gasteiger partial charge in [0.15, 0.2) is 5.67 Å². The molecule has 3 unspecified atom stereocenters. The van der Waals surface area contributed by atoms with Crippen molar-refractivity contribution < 1.29 is 33.4 Å². The standard InChI is InChI=1S/C44H51ClFN7O6/c1-25(37(56)49-33-13-14-36(55)50-38(33)57)44(6,46)35(54)24-51-21-29(22-51)52-17-15-26(16-18-52)7-9-28-10-12-31-34(48-28)23-53(39(31)58)40-42(2,3)41(43(40,4)5)59-30-11-8-27(20-47)32(45)19-30/h8,10-12,19,26,29,33,35,40-41,54H,1,13-18,21-24H2,2-6H3,(H,49,56)(H,50,55,57)/t33?,35?,40-,41-,44?. The number of carbonyl (C=O) groups is 4. The maximum absolute atomic E-state index is 15.7. The molecule has 3 N–H and O–H groups in total. The summed E-state index contributed by atoms with van der Waals surface area (Å²) in [6.45, 7) is 16.6. The molecular formula is C44H51ClFN7O6. The van der Waals surface area contributed by atoms with E-state index in [0.29, 0.717) is 47.2 Å². The van der Waals surface area contributed by atoms with Crippen molar-refractivity contribution in [3.8, 4) is 23.7 Å². The molecule has 312 valence electrons. The quantitative estimate of drug-likeness (QED) is 0.182. The molecule has 2 aromatic rings. The summed E-state index contributed by atoms with van der Waals surface area (Å²) in [5, 5.41) is 24.9. The van der Waals surface area contributed by atoms with E-state index in [1.807, 2.05) is 21.9 Å². The number of imide groups is 1. The highest BCUT2D eigenvalue weighted by atomic mass is 35.5. The SMILES string of the molecule is C=C(C(=O)NC1CCC(=O)NC1=O)C(C)(F)C(O)CN1CC(N2CCC(C#Cc3ccc4c(n3)CN([C@H]3C(C)(C)[C@H](Oc5ccc(C#N)c(Cl)c5)C3(C)C)C4=O)CC2)C1. The van der Waals surface area contributed by atoms with Crippen LogP contribution in [0.15, 0.2) is 42.5 Å². The smallest absolute Gasteiger partial charge is 0.256 e. The Balaban J connectivity index is 0.869. The lowest BCUT2D eigenvalue weighted by Gasteiger charge is -2.65. The third-order valence-electron chi connectivity index (χ3n) is 13.0. The molecule has 3 saturated heterocycles. The second-order valence-corrected chi connectivity index (χ2v) is 18.3. The van der Waals surface area contributed by atoms with Crippen LogP contribution >= 0.6 is 11.6 Å². The minimum absolute atomic E-state index is 0.0218. The van der Waals surface area contributed by atoms with Crippen LogP contribution in [-0.4, -0.2) is 117 Å². The van der Waals surface area contributed by atoms with E-state index in [1.165, 1.54) is 0 Å². The number of carbonyl (C=O) groups excluding carboxylic acids is 4. The Bertz CT molecular complexity index is 2160. The molecule has 1 saturated carbocycles. The fraction of sp³-hybridized carbons (Fsp3) is 0.545. The number of pyridine rings is 1. The number of benzene rings is 1. The Morgan fingerprint density at radius 3 is 2.49 bits per heavy atom. The lowest BCUT2D eigenvalue weighted by atomic mass is 9.49. The number of alkyl halides is 1. The molecule has 4 fully saturated rings. The second kappa shape index (κ2) is 16.0. The zero-order valence-electron chi connectivity index (χ0n) is 34.1. The van der Waals surface area contributed by atoms with E-state index in [4.69, 9.17) is 21.3 Å². The van der Waals surface area contributed by atoms with E-state index in [0.717, 1.165) is 38.5 Å². The minimum atomic E-state index is -2.43. The van der Waals surface area contributed by atoms with Crippen LogP contribution in [0, 0.1) is 39.9 Å². The first-order valence-electron chi connectivity index (χ1n) is 20.2. The van der Waals surface area contributed by atoms with Crippen LogP contribution in [0.3, 0.4) is 0 Å². The van der Waals surface area contributed by atoms with Gasteiger partial charge >= 0.3 is 0 Å². The molecule has 1 aliphatic carbocycles. The van der Waals surface area contributed by atoms with Crippen molar-refractivity contribution in [3.63, 3.8) is 0 Å². The number of hydrogen-bond donors (Lipinski definition) is 3. The number of nitrogens with one attached hydrogen (secondary N) is 2. The summed E-state index contributed by atoms with van der Waals surface area (Å²) in [5.74, 6) is 5.46. The Morgan fingerprint density at radius 1 is 1.15 bits per heavy atom. The third kappa shape index (κ3) is 8.08. The molecule has 0 bridgehead atoms. The summed E-state index contributed by atoms with van der Waals surface area (Å²) in [7, 11) is 0. The maximum Gasteiger partial charge on any atom is 0.256 e. The number of nitriles is 1. The Kier molecular flexibility index (Phi) is 11.4. The molecule has 0 spiro atoms. The van der Waals surface area contributed by atoms with E-state index in [9.17, 15) is 29.5 Å². The summed E-state index contributed by atoms with van der Waals surface area (Å²) >= 11 is 6.27. The van der Waals surface area contributed by atoms with Gasteiger partial charge in [-0.1, -0.05) is 51.8 Å². The number of likely N-dealkylation sites (tertiary alicyclic amines) is 2. The highest BCUT2D eigenvalue weighted by molar-refractivity contribution is 6.31. The number of aromatic nitrogens is 1. The summed E-state index contributed by atoms with van der Waals surface area (Å²) in [6, 6.07) is 9.97. The minimum Gasteiger partial charge on any atom is -0.489 e. The first-order chi connectivity index (χ1) is 27.8. The van der Waals surface area contributed by atoms with Crippen LogP contribution in [0.5, 0.6) is 5.75 Å². The number of fused-ring (bicyclic) bond motifs is 1. The van der Waals surface area contributed by atoms with Crippen LogP contribution < -0.4 is 15.4 Å². The van der Waals surface area contributed by atoms with Crippen molar-refractivity contribution in [1.82, 2.24) is 30.3 Å². The number of amides is 4. The van der Waals surface area contributed by atoms with E-state index in [-0.39, 0.29) is 60.2 Å². The largest absolute Gasteiger partial charge is 0.489 e. The zero-order chi connectivity index (χ0) is 42.6. The number of nitrogens with zero attached hydrogens (tertiary/aromatic N) is 5. The zero-order valence-corrected chi connectivity index (χ0v) is 34.9. The van der Waals surface area contributed by atoms with Gasteiger partial charge in [0.2, 0.25) is 11.8 Å². The van der Waals surface area contributed by atoms with Gasteiger partial charge in [-0.05, 0) is 69.5 Å². The number of halogens is 2. The molecule has 1 aromatic heterocycles. The highest BCUT2D eigenvalue weighted by Crippen LogP contribution is 2.59. The Hall–Kier alpha value is -4.86. The number of ether oxygens (including phenoxy) is 1. The van der Waals surface area contributed by atoms with Crippen molar-refractivity contribution in [3.05, 3.63) is 70.0 Å². The van der Waals surface area contributed by atoms with Gasteiger partial charge in [-0.3, -0.25) is 34.3 Å². The van der Waals surface area contributed by atoms with Gasteiger partial charge < -0.3 is 20.1 Å². The van der Waals surface area contributed by atoms with Crippen LogP contribution in [0.4, 0.5) is 4.39 Å². The molecule has 7 rings (SSSR count). The molecule has 3 atom stereocenters. The number of aliphatic hydroxyl groups excluding tert-OH is 1. The van der Waals surface area contributed by atoms with Crippen LogP contribution in [-0.2, 0) is 20.9 Å². The number of hydrogen-bond acceptors (Lipinski definition) is 10. The van der Waals surface area contributed by atoms with Crippen molar-refractivity contribution in [2.45, 2.75) is 103 Å². The van der Waals surface area contributed by atoms with Gasteiger partial charge in [0.05, 0.1) is 28.4 Å². The Morgan fingerprint density at radius 2 is 1.85 bits per heavy atom. The first-order valence-corrected chi connectivity index (χ1v) is 20.5. The second-order valence-electron chi connectivity index (χ2n) is 17.9. The van der Waals surface area contributed by atoms with Crippen molar-refractivity contribution in [2.24, 2.45) is 16.7 Å². The van der Waals surface area contributed by atoms with Crippen LogP contribution in [0.2, 0.25) is 5.02 Å². The molecule has 15 heteroatoms. The number of rotatable bonds is 10. The van der Waals surface area contributed by atoms with E-state index in [2.05, 4.69) is 67.7 Å². The summed E-state index contributed by atoms with van der Waals surface area (Å²) in [6.07, 6.45) is 0.229. The predicted molar refractivity (Wildman–Crippen MR) is 216 cm³/mol. The fourth-order valence-electron chi connectivity index (χ4n) is 9.92. The number of aliphatic hydroxyl groups is 1. The van der Waals surface area contributed by atoms with Gasteiger partial charge in [-0.15, -0.1) is 0 Å². The Labute approximate surface area is 349 Å². The molecule has 0 radical (unpaired) electrons. The van der Waals surface area contributed by atoms with Crippen LogP contribution in [0.1, 0.15) is 87.6 Å². The molecule has 4 aliphatic heterocycles. The summed E-state index contributed by atoms with van der Waals surface area (Å²) in [4.78, 5) is 60.9. The average Bonchev–Trinajstić information content (AvgIpc) is 3.48. The van der Waals surface area contributed by atoms with Gasteiger partial charge in [0.1, 0.15) is 35.8 Å². The van der Waals surface area contributed by atoms with Crippen molar-refractivity contribution in [1.29, 1.82) is 5.26 Å². The molecule has 5 aliphatic rings. The average molecular weight is 828 g/mol. The van der Waals surface area contributed by atoms with Gasteiger partial charge in [0.25, 0.3) is 11.8 Å². The van der Waals surface area contributed by atoms with Crippen LogP contribution in [0.25, 0.3) is 0 Å². The highest BCUT2D eigenvalue weighted by Gasteiger charge is 2.67. The van der Waals surface area contributed by atoms with Gasteiger partial charge in [-0.2, -0.15) is 5.26 Å². The van der Waals surface area contributed by atoms with E-state index in [1.54, 1.807) is 18.2 Å². The number of piperidine rings is 2. The topological polar surface area (TPSA) is 168 Å². The molecule has 4 amide bonds. The third-order valence-corrected chi connectivity index (χ3v) is 13.3. The lowest BCUT2D eigenvalue weighted by Crippen LogP contribution is -2.74. The van der Waals surface area contributed by atoms with Crippen molar-refractivity contribution in [2.75, 3.05) is 32.7 Å².